The van der Waals surface area contributed by atoms with Crippen molar-refractivity contribution in [3.63, 3.8) is 0 Å². The summed E-state index contributed by atoms with van der Waals surface area (Å²) in [7, 11) is 1.53. The number of hydrogen-bond donors (Lipinski definition) is 1. The molecule has 0 atom stereocenters. The Morgan fingerprint density at radius 2 is 1.67 bits per heavy atom. The fraction of sp³-hybridized carbons (Fsp3) is 0.0741. The zero-order valence-corrected chi connectivity index (χ0v) is 18.0. The first kappa shape index (κ1) is 21.6. The Morgan fingerprint density at radius 3 is 2.45 bits per heavy atom. The van der Waals surface area contributed by atoms with Crippen molar-refractivity contribution in [3.8, 4) is 17.6 Å². The summed E-state index contributed by atoms with van der Waals surface area (Å²) in [6.07, 6.45) is 1.52. The molecule has 0 unspecified atom stereocenters. The molecule has 0 bridgehead atoms. The van der Waals surface area contributed by atoms with Crippen LogP contribution in [0.25, 0.3) is 10.8 Å². The molecule has 0 aliphatic heterocycles. The van der Waals surface area contributed by atoms with Gasteiger partial charge in [-0.15, -0.1) is 0 Å². The number of hydrazone groups is 1. The van der Waals surface area contributed by atoms with Gasteiger partial charge in [-0.25, -0.2) is 5.43 Å². The molecule has 6 nitrogen and oxygen atoms in total. The SMILES string of the molecule is COc1cc2ccccc2cc1C(=O)N/N=C\c1ccccc1OCc1ccccc1C#N. The lowest BCUT2D eigenvalue weighted by Crippen LogP contribution is -2.18. The first-order valence-corrected chi connectivity index (χ1v) is 10.3. The minimum Gasteiger partial charge on any atom is -0.496 e. The highest BCUT2D eigenvalue weighted by Gasteiger charge is 2.13. The fourth-order valence-corrected chi connectivity index (χ4v) is 3.42. The van der Waals surface area contributed by atoms with Crippen LogP contribution >= 0.6 is 0 Å². The van der Waals surface area contributed by atoms with Gasteiger partial charge in [0.05, 0.1) is 30.5 Å². The van der Waals surface area contributed by atoms with Gasteiger partial charge in [-0.3, -0.25) is 4.79 Å². The molecule has 4 aromatic carbocycles. The van der Waals surface area contributed by atoms with Gasteiger partial charge in [-0.1, -0.05) is 54.6 Å². The molecule has 1 amide bonds. The van der Waals surface area contributed by atoms with E-state index in [0.717, 1.165) is 16.3 Å². The van der Waals surface area contributed by atoms with Crippen molar-refractivity contribution in [3.05, 3.63) is 107 Å². The second kappa shape index (κ2) is 10.1. The Labute approximate surface area is 191 Å². The summed E-state index contributed by atoms with van der Waals surface area (Å²) in [5.41, 5.74) is 5.01. The molecule has 4 rings (SSSR count). The van der Waals surface area contributed by atoms with Crippen LogP contribution in [-0.2, 0) is 6.61 Å². The van der Waals surface area contributed by atoms with E-state index >= 15 is 0 Å². The molecule has 0 aromatic heterocycles. The van der Waals surface area contributed by atoms with Gasteiger partial charge < -0.3 is 9.47 Å². The monoisotopic (exact) mass is 435 g/mol. The van der Waals surface area contributed by atoms with Crippen LogP contribution in [0.2, 0.25) is 0 Å². The molecule has 162 valence electrons. The predicted molar refractivity (Wildman–Crippen MR) is 127 cm³/mol. The highest BCUT2D eigenvalue weighted by atomic mass is 16.5. The van der Waals surface area contributed by atoms with E-state index in [1.807, 2.05) is 72.8 Å². The summed E-state index contributed by atoms with van der Waals surface area (Å²) >= 11 is 0. The van der Waals surface area contributed by atoms with Gasteiger partial charge in [0.1, 0.15) is 18.1 Å². The van der Waals surface area contributed by atoms with E-state index in [-0.39, 0.29) is 12.5 Å². The van der Waals surface area contributed by atoms with E-state index in [1.165, 1.54) is 13.3 Å². The van der Waals surface area contributed by atoms with Gasteiger partial charge >= 0.3 is 0 Å². The van der Waals surface area contributed by atoms with Crippen LogP contribution in [-0.4, -0.2) is 19.2 Å². The van der Waals surface area contributed by atoms with Crippen LogP contribution < -0.4 is 14.9 Å². The van der Waals surface area contributed by atoms with E-state index in [9.17, 15) is 10.1 Å². The fourth-order valence-electron chi connectivity index (χ4n) is 3.42. The Kier molecular flexibility index (Phi) is 6.62. The number of nitriles is 1. The minimum atomic E-state index is -0.379. The van der Waals surface area contributed by atoms with Crippen LogP contribution in [0.5, 0.6) is 11.5 Å². The number of amides is 1. The van der Waals surface area contributed by atoms with Gasteiger partial charge in [-0.05, 0) is 41.1 Å². The lowest BCUT2D eigenvalue weighted by molar-refractivity contribution is 0.0952. The Bertz CT molecular complexity index is 1370. The van der Waals surface area contributed by atoms with Gasteiger partial charge in [0.2, 0.25) is 0 Å². The lowest BCUT2D eigenvalue weighted by Gasteiger charge is -2.10. The minimum absolute atomic E-state index is 0.245. The summed E-state index contributed by atoms with van der Waals surface area (Å²) in [6, 6.07) is 28.2. The standard InChI is InChI=1S/C27H21N3O3/c1-32-26-15-20-9-3-2-8-19(20)14-24(26)27(31)30-29-17-22-11-6-7-13-25(22)33-18-23-12-5-4-10-21(23)16-28/h2-15,17H,18H2,1H3,(H,30,31)/b29-17-. The third-order valence-corrected chi connectivity index (χ3v) is 5.12. The van der Waals surface area contributed by atoms with Crippen molar-refractivity contribution in [2.45, 2.75) is 6.61 Å². The number of nitrogens with one attached hydrogen (secondary N) is 1. The molecule has 33 heavy (non-hydrogen) atoms. The molecule has 0 aliphatic rings. The summed E-state index contributed by atoms with van der Waals surface area (Å²) in [6.45, 7) is 0.245. The summed E-state index contributed by atoms with van der Waals surface area (Å²) in [5, 5.41) is 15.3. The third-order valence-electron chi connectivity index (χ3n) is 5.12. The van der Waals surface area contributed by atoms with Crippen LogP contribution in [0.3, 0.4) is 0 Å². The number of fused-ring (bicyclic) bond motifs is 1. The summed E-state index contributed by atoms with van der Waals surface area (Å²) in [4.78, 5) is 12.8. The molecule has 0 aliphatic carbocycles. The number of methoxy groups -OCH3 is 1. The van der Waals surface area contributed by atoms with Gasteiger partial charge in [-0.2, -0.15) is 10.4 Å². The van der Waals surface area contributed by atoms with Crippen LogP contribution in [0.4, 0.5) is 0 Å². The highest BCUT2D eigenvalue weighted by Crippen LogP contribution is 2.26. The van der Waals surface area contributed by atoms with Crippen molar-refractivity contribution in [2.75, 3.05) is 7.11 Å². The van der Waals surface area contributed by atoms with Crippen molar-refractivity contribution < 1.29 is 14.3 Å². The summed E-state index contributed by atoms with van der Waals surface area (Å²) < 4.78 is 11.3. The van der Waals surface area contributed by atoms with Crippen molar-refractivity contribution in [1.29, 1.82) is 5.26 Å². The normalized spacial score (nSPS) is 10.7. The topological polar surface area (TPSA) is 83.7 Å². The lowest BCUT2D eigenvalue weighted by atomic mass is 10.1. The van der Waals surface area contributed by atoms with Crippen LogP contribution in [0.1, 0.15) is 27.0 Å². The average molecular weight is 435 g/mol. The zero-order chi connectivity index (χ0) is 23.0. The van der Waals surface area contributed by atoms with Crippen molar-refractivity contribution in [2.24, 2.45) is 5.10 Å². The Balaban J connectivity index is 1.48. The van der Waals surface area contributed by atoms with Crippen molar-refractivity contribution >= 4 is 22.9 Å². The van der Waals surface area contributed by atoms with E-state index in [2.05, 4.69) is 16.6 Å². The van der Waals surface area contributed by atoms with Crippen LogP contribution in [0.15, 0.2) is 90.0 Å². The van der Waals surface area contributed by atoms with E-state index < -0.39 is 0 Å². The number of rotatable bonds is 7. The average Bonchev–Trinajstić information content (AvgIpc) is 2.87. The number of carbonyl (C=O) groups is 1. The largest absolute Gasteiger partial charge is 0.496 e. The molecular formula is C27H21N3O3. The van der Waals surface area contributed by atoms with Gasteiger partial charge in [0, 0.05) is 11.1 Å². The smallest absolute Gasteiger partial charge is 0.275 e. The first-order valence-electron chi connectivity index (χ1n) is 10.3. The molecule has 0 saturated heterocycles. The molecule has 0 fully saturated rings. The number of carbonyl (C=O) groups excluding carboxylic acids is 1. The predicted octanol–water partition coefficient (Wildman–Crippen LogP) is 5.06. The highest BCUT2D eigenvalue weighted by molar-refractivity contribution is 6.02. The molecule has 0 saturated carbocycles. The van der Waals surface area contributed by atoms with Crippen LogP contribution in [0, 0.1) is 11.3 Å². The Morgan fingerprint density at radius 1 is 0.970 bits per heavy atom. The second-order valence-corrected chi connectivity index (χ2v) is 7.19. The number of hydrogen-bond acceptors (Lipinski definition) is 5. The van der Waals surface area contributed by atoms with E-state index in [0.29, 0.717) is 28.2 Å². The number of para-hydroxylation sites is 1. The molecule has 0 spiro atoms. The number of benzene rings is 4. The zero-order valence-electron chi connectivity index (χ0n) is 18.0. The maximum Gasteiger partial charge on any atom is 0.275 e. The third kappa shape index (κ3) is 5.00. The van der Waals surface area contributed by atoms with Crippen molar-refractivity contribution in [1.82, 2.24) is 5.43 Å². The molecular weight excluding hydrogens is 414 g/mol. The number of nitrogens with zero attached hydrogens (tertiary/aromatic N) is 2. The maximum absolute atomic E-state index is 12.8. The molecule has 1 N–H and O–H groups in total. The molecule has 0 radical (unpaired) electrons. The first-order chi connectivity index (χ1) is 16.2. The van der Waals surface area contributed by atoms with Gasteiger partial charge in [0.15, 0.2) is 0 Å². The summed E-state index contributed by atoms with van der Waals surface area (Å²) in [5.74, 6) is 0.683. The van der Waals surface area contributed by atoms with E-state index in [1.54, 1.807) is 12.1 Å². The molecule has 4 aromatic rings. The molecule has 6 heteroatoms. The van der Waals surface area contributed by atoms with Gasteiger partial charge in [0.25, 0.3) is 5.91 Å². The maximum atomic E-state index is 12.8. The quantitative estimate of drug-likeness (QED) is 0.325. The number of ether oxygens (including phenoxy) is 2. The molecule has 0 heterocycles. The van der Waals surface area contributed by atoms with E-state index in [4.69, 9.17) is 9.47 Å². The Hall–Kier alpha value is -4.63. The second-order valence-electron chi connectivity index (χ2n) is 7.19.